The van der Waals surface area contributed by atoms with Crippen LogP contribution in [-0.2, 0) is 16.6 Å². The molecular formula is C16H19NO5S. The summed E-state index contributed by atoms with van der Waals surface area (Å²) in [4.78, 5) is 11.2. The van der Waals surface area contributed by atoms with Crippen LogP contribution in [-0.4, -0.2) is 30.8 Å². The second-order valence-electron chi connectivity index (χ2n) is 5.49. The Hall–Kier alpha value is -2.12. The van der Waals surface area contributed by atoms with Crippen LogP contribution < -0.4 is 0 Å². The second-order valence-corrected chi connectivity index (χ2v) is 7.51. The lowest BCUT2D eigenvalue weighted by Gasteiger charge is -2.19. The molecule has 6 nitrogen and oxygen atoms in total. The normalized spacial score (nSPS) is 11.9. The smallest absolute Gasteiger partial charge is 0.335 e. The van der Waals surface area contributed by atoms with Gasteiger partial charge in [0.25, 0.3) is 0 Å². The monoisotopic (exact) mass is 337 g/mol. The van der Waals surface area contributed by atoms with Crippen LogP contribution in [0.1, 0.15) is 33.0 Å². The van der Waals surface area contributed by atoms with Gasteiger partial charge >= 0.3 is 5.97 Å². The largest absolute Gasteiger partial charge is 0.478 e. The third kappa shape index (κ3) is 3.46. The minimum Gasteiger partial charge on any atom is -0.478 e. The van der Waals surface area contributed by atoms with E-state index >= 15 is 0 Å². The van der Waals surface area contributed by atoms with Gasteiger partial charge in [-0.2, -0.15) is 4.31 Å². The van der Waals surface area contributed by atoms with Gasteiger partial charge in [0.1, 0.15) is 11.5 Å². The highest BCUT2D eigenvalue weighted by atomic mass is 32.2. The van der Waals surface area contributed by atoms with Crippen molar-refractivity contribution in [1.82, 2.24) is 4.31 Å². The molecule has 0 aliphatic carbocycles. The molecule has 1 N–H and O–H groups in total. The maximum absolute atomic E-state index is 12.8. The van der Waals surface area contributed by atoms with E-state index in [1.54, 1.807) is 32.9 Å². The van der Waals surface area contributed by atoms with Gasteiger partial charge in [0.15, 0.2) is 0 Å². The van der Waals surface area contributed by atoms with E-state index in [2.05, 4.69) is 0 Å². The second kappa shape index (κ2) is 6.17. The number of hydrogen-bond donors (Lipinski definition) is 1. The number of furan rings is 1. The summed E-state index contributed by atoms with van der Waals surface area (Å²) in [6, 6.07) is 6.14. The molecule has 1 aromatic carbocycles. The molecule has 0 amide bonds. The molecule has 0 unspecified atom stereocenters. The number of carbonyl (C=O) groups is 1. The average molecular weight is 337 g/mol. The van der Waals surface area contributed by atoms with E-state index < -0.39 is 16.0 Å². The highest BCUT2D eigenvalue weighted by Gasteiger charge is 2.26. The van der Waals surface area contributed by atoms with Crippen LogP contribution in [0.25, 0.3) is 0 Å². The van der Waals surface area contributed by atoms with Crippen LogP contribution >= 0.6 is 0 Å². The highest BCUT2D eigenvalue weighted by Crippen LogP contribution is 2.25. The Kier molecular flexibility index (Phi) is 4.63. The number of benzene rings is 1. The molecule has 0 saturated carbocycles. The zero-order valence-electron chi connectivity index (χ0n) is 13.5. The quantitative estimate of drug-likeness (QED) is 0.906. The van der Waals surface area contributed by atoms with Crippen molar-refractivity contribution in [2.24, 2.45) is 0 Å². The van der Waals surface area contributed by atoms with Crippen LogP contribution in [0.3, 0.4) is 0 Å². The van der Waals surface area contributed by atoms with Gasteiger partial charge in [-0.3, -0.25) is 0 Å². The summed E-state index contributed by atoms with van der Waals surface area (Å²) in [6.07, 6.45) is 0. The third-order valence-electron chi connectivity index (χ3n) is 3.73. The van der Waals surface area contributed by atoms with Gasteiger partial charge in [-0.15, -0.1) is 0 Å². The van der Waals surface area contributed by atoms with Crippen molar-refractivity contribution >= 4 is 16.0 Å². The van der Waals surface area contributed by atoms with Gasteiger partial charge in [-0.05, 0) is 56.2 Å². The van der Waals surface area contributed by atoms with Gasteiger partial charge in [-0.25, -0.2) is 13.2 Å². The predicted octanol–water partition coefficient (Wildman–Crippen LogP) is 2.72. The van der Waals surface area contributed by atoms with Crippen LogP contribution in [0.2, 0.25) is 0 Å². The molecule has 124 valence electrons. The first-order chi connectivity index (χ1) is 10.6. The van der Waals surface area contributed by atoms with Crippen molar-refractivity contribution in [3.8, 4) is 0 Å². The van der Waals surface area contributed by atoms with E-state index in [0.29, 0.717) is 22.6 Å². The average Bonchev–Trinajstić information content (AvgIpc) is 2.86. The minimum absolute atomic E-state index is 0.000628. The summed E-state index contributed by atoms with van der Waals surface area (Å²) in [5.74, 6) is 0.0666. The zero-order chi connectivity index (χ0) is 17.4. The Morgan fingerprint density at radius 2 is 1.87 bits per heavy atom. The number of aryl methyl sites for hydroxylation is 2. The maximum atomic E-state index is 12.8. The van der Waals surface area contributed by atoms with Crippen molar-refractivity contribution < 1.29 is 22.7 Å². The fraction of sp³-hybridized carbons (Fsp3) is 0.312. The Labute approximate surface area is 135 Å². The molecule has 2 rings (SSSR count). The molecule has 0 bridgehead atoms. The third-order valence-corrected chi connectivity index (χ3v) is 5.66. The van der Waals surface area contributed by atoms with Crippen LogP contribution in [0, 0.1) is 20.8 Å². The fourth-order valence-electron chi connectivity index (χ4n) is 2.26. The first-order valence-corrected chi connectivity index (χ1v) is 8.43. The number of aromatic carboxylic acids is 1. The number of rotatable bonds is 5. The first kappa shape index (κ1) is 17.2. The summed E-state index contributed by atoms with van der Waals surface area (Å²) in [7, 11) is -2.39. The van der Waals surface area contributed by atoms with Crippen LogP contribution in [0.5, 0.6) is 0 Å². The van der Waals surface area contributed by atoms with Gasteiger partial charge < -0.3 is 9.52 Å². The highest BCUT2D eigenvalue weighted by molar-refractivity contribution is 7.89. The molecule has 1 aromatic heterocycles. The Morgan fingerprint density at radius 1 is 1.22 bits per heavy atom. The number of nitrogens with zero attached hydrogens (tertiary/aromatic N) is 1. The molecule has 7 heteroatoms. The van der Waals surface area contributed by atoms with E-state index in [4.69, 9.17) is 9.52 Å². The van der Waals surface area contributed by atoms with E-state index in [1.165, 1.54) is 19.2 Å². The van der Waals surface area contributed by atoms with Gasteiger partial charge in [0.05, 0.1) is 17.0 Å². The Morgan fingerprint density at radius 3 is 2.39 bits per heavy atom. The van der Waals surface area contributed by atoms with Crippen LogP contribution in [0.15, 0.2) is 33.6 Å². The number of hydrogen-bond acceptors (Lipinski definition) is 4. The van der Waals surface area contributed by atoms with E-state index in [-0.39, 0.29) is 17.0 Å². The number of carboxylic acid groups (broad SMARTS) is 1. The molecular weight excluding hydrogens is 318 g/mol. The molecule has 0 radical (unpaired) electrons. The predicted molar refractivity (Wildman–Crippen MR) is 85.0 cm³/mol. The fourth-order valence-corrected chi connectivity index (χ4v) is 3.72. The van der Waals surface area contributed by atoms with E-state index in [1.807, 2.05) is 0 Å². The SMILES string of the molecule is Cc1ccc(CN(C)S(=O)(=O)c2cc(C(=O)O)cc(C)c2C)o1. The van der Waals surface area contributed by atoms with Gasteiger partial charge in [0.2, 0.25) is 10.0 Å². The topological polar surface area (TPSA) is 87.8 Å². The number of carboxylic acids is 1. The van der Waals surface area contributed by atoms with Crippen molar-refractivity contribution in [3.05, 3.63) is 52.5 Å². The molecule has 2 aromatic rings. The summed E-state index contributed by atoms with van der Waals surface area (Å²) < 4.78 is 32.1. The van der Waals surface area contributed by atoms with E-state index in [0.717, 1.165) is 4.31 Å². The standard InChI is InChI=1S/C16H19NO5S/c1-10-7-13(16(18)19)8-15(12(10)3)23(20,21)17(4)9-14-6-5-11(2)22-14/h5-8H,9H2,1-4H3,(H,18,19). The zero-order valence-corrected chi connectivity index (χ0v) is 14.3. The molecule has 0 atom stereocenters. The van der Waals surface area contributed by atoms with Gasteiger partial charge in [-0.1, -0.05) is 0 Å². The lowest BCUT2D eigenvalue weighted by atomic mass is 10.1. The summed E-state index contributed by atoms with van der Waals surface area (Å²) >= 11 is 0. The lowest BCUT2D eigenvalue weighted by Crippen LogP contribution is -2.27. The first-order valence-electron chi connectivity index (χ1n) is 6.99. The van der Waals surface area contributed by atoms with Crippen molar-refractivity contribution in [2.75, 3.05) is 7.05 Å². The summed E-state index contributed by atoms with van der Waals surface area (Å²) in [5, 5.41) is 9.14. The molecule has 0 spiro atoms. The molecule has 1 heterocycles. The molecule has 0 aliphatic heterocycles. The molecule has 23 heavy (non-hydrogen) atoms. The molecule has 0 aliphatic rings. The summed E-state index contributed by atoms with van der Waals surface area (Å²) in [6.45, 7) is 5.21. The van der Waals surface area contributed by atoms with Crippen molar-refractivity contribution in [3.63, 3.8) is 0 Å². The van der Waals surface area contributed by atoms with Crippen molar-refractivity contribution in [1.29, 1.82) is 0 Å². The number of sulfonamides is 1. The Bertz CT molecular complexity index is 851. The Balaban J connectivity index is 2.44. The summed E-state index contributed by atoms with van der Waals surface area (Å²) in [5.41, 5.74) is 1.11. The van der Waals surface area contributed by atoms with E-state index in [9.17, 15) is 13.2 Å². The van der Waals surface area contributed by atoms with Crippen molar-refractivity contribution in [2.45, 2.75) is 32.2 Å². The maximum Gasteiger partial charge on any atom is 0.335 e. The van der Waals surface area contributed by atoms with Crippen LogP contribution in [0.4, 0.5) is 0 Å². The molecule has 0 fully saturated rings. The minimum atomic E-state index is -3.83. The lowest BCUT2D eigenvalue weighted by molar-refractivity contribution is 0.0696. The molecule has 0 saturated heterocycles. The van der Waals surface area contributed by atoms with Gasteiger partial charge in [0, 0.05) is 7.05 Å².